The number of para-hydroxylation sites is 1. The van der Waals surface area contributed by atoms with Crippen LogP contribution in [-0.4, -0.2) is 25.9 Å². The fraction of sp³-hybridized carbons (Fsp3) is 0. The van der Waals surface area contributed by atoms with E-state index in [1.807, 2.05) is 12.1 Å². The first-order valence-electron chi connectivity index (χ1n) is 10.2. The normalized spacial score (nSPS) is 10.8. The lowest BCUT2D eigenvalue weighted by atomic mass is 10.1. The molecule has 0 fully saturated rings. The molecule has 0 atom stereocenters. The van der Waals surface area contributed by atoms with E-state index in [1.165, 1.54) is 10.7 Å². The second-order valence-electron chi connectivity index (χ2n) is 7.29. The Morgan fingerprint density at radius 1 is 0.818 bits per heavy atom. The van der Waals surface area contributed by atoms with Gasteiger partial charge in [0.1, 0.15) is 0 Å². The second kappa shape index (κ2) is 8.35. The molecule has 0 saturated carbocycles. The van der Waals surface area contributed by atoms with Crippen molar-refractivity contribution in [3.8, 4) is 16.9 Å². The first kappa shape index (κ1) is 20.1. The van der Waals surface area contributed by atoms with Gasteiger partial charge in [0.2, 0.25) is 0 Å². The van der Waals surface area contributed by atoms with Gasteiger partial charge in [-0.05, 0) is 36.4 Å². The largest absolute Gasteiger partial charge is 0.321 e. The number of hydrogen-bond acceptors (Lipinski definition) is 5. The van der Waals surface area contributed by atoms with Crippen molar-refractivity contribution >= 4 is 22.4 Å². The van der Waals surface area contributed by atoms with E-state index in [0.29, 0.717) is 27.8 Å². The number of benzene rings is 3. The summed E-state index contributed by atoms with van der Waals surface area (Å²) >= 11 is 0. The van der Waals surface area contributed by atoms with Crippen LogP contribution in [-0.2, 0) is 0 Å². The number of nitrogens with one attached hydrogen (secondary N) is 2. The fourth-order valence-electron chi connectivity index (χ4n) is 3.55. The van der Waals surface area contributed by atoms with Crippen molar-refractivity contribution in [3.05, 3.63) is 117 Å². The molecule has 0 aliphatic heterocycles. The maximum absolute atomic E-state index is 13.3. The van der Waals surface area contributed by atoms with Crippen LogP contribution in [0.4, 0.5) is 5.69 Å². The minimum absolute atomic E-state index is 0.127. The predicted octanol–water partition coefficient (Wildman–Crippen LogP) is 3.39. The molecule has 0 radical (unpaired) electrons. The van der Waals surface area contributed by atoms with Crippen LogP contribution in [0.3, 0.4) is 0 Å². The van der Waals surface area contributed by atoms with E-state index < -0.39 is 5.91 Å². The lowest BCUT2D eigenvalue weighted by molar-refractivity contribution is 0.102. The third-order valence-corrected chi connectivity index (χ3v) is 5.12. The zero-order valence-corrected chi connectivity index (χ0v) is 17.2. The van der Waals surface area contributed by atoms with Crippen LogP contribution in [0.15, 0.2) is 101 Å². The molecule has 0 spiro atoms. The number of H-pyrrole nitrogens is 1. The van der Waals surface area contributed by atoms with E-state index in [0.717, 1.165) is 5.56 Å². The molecule has 8 heteroatoms. The van der Waals surface area contributed by atoms with Crippen molar-refractivity contribution < 1.29 is 4.79 Å². The smallest absolute Gasteiger partial charge is 0.279 e. The monoisotopic (exact) mass is 435 g/mol. The molecule has 2 N–H and O–H groups in total. The van der Waals surface area contributed by atoms with Crippen LogP contribution >= 0.6 is 0 Å². The molecule has 0 unspecified atom stereocenters. The Balaban J connectivity index is 1.56. The van der Waals surface area contributed by atoms with Gasteiger partial charge in [0, 0.05) is 22.7 Å². The highest BCUT2D eigenvalue weighted by atomic mass is 16.2. The van der Waals surface area contributed by atoms with Crippen molar-refractivity contribution in [2.75, 3.05) is 5.32 Å². The van der Waals surface area contributed by atoms with Crippen molar-refractivity contribution in [1.82, 2.24) is 20.0 Å². The van der Waals surface area contributed by atoms with Gasteiger partial charge in [0.15, 0.2) is 5.69 Å². The number of rotatable bonds is 4. The number of amides is 1. The summed E-state index contributed by atoms with van der Waals surface area (Å²) in [6.07, 6.45) is 0. The molecule has 160 valence electrons. The molecule has 2 aromatic heterocycles. The number of aromatic nitrogens is 4. The predicted molar refractivity (Wildman–Crippen MR) is 126 cm³/mol. The van der Waals surface area contributed by atoms with Gasteiger partial charge in [-0.1, -0.05) is 48.5 Å². The molecule has 5 rings (SSSR count). The summed E-state index contributed by atoms with van der Waals surface area (Å²) in [5, 5.41) is 14.5. The minimum atomic E-state index is -0.456. The maximum atomic E-state index is 13.3. The number of carbonyl (C=O) groups excluding carboxylic acids is 1. The van der Waals surface area contributed by atoms with Crippen LogP contribution in [0, 0.1) is 0 Å². The Hall–Kier alpha value is -4.85. The first-order valence-corrected chi connectivity index (χ1v) is 10.2. The Labute approximate surface area is 187 Å². The van der Waals surface area contributed by atoms with Gasteiger partial charge >= 0.3 is 0 Å². The number of carbonyl (C=O) groups is 1. The molecule has 1 amide bonds. The standard InChI is InChI=1S/C25H17N5O3/c31-22-14-13-21(27-28-22)16-7-6-8-17(15-16)26-24(32)23-19-11-4-5-12-20(19)25(33)30(29-23)18-9-2-1-3-10-18/h1-15H,(H,26,32)(H,28,31). The third-order valence-electron chi connectivity index (χ3n) is 5.12. The summed E-state index contributed by atoms with van der Waals surface area (Å²) in [5.41, 5.74) is 1.89. The van der Waals surface area contributed by atoms with Crippen LogP contribution in [0.1, 0.15) is 10.5 Å². The summed E-state index contributed by atoms with van der Waals surface area (Å²) in [5.74, 6) is -0.456. The van der Waals surface area contributed by atoms with Crippen LogP contribution < -0.4 is 16.4 Å². The highest BCUT2D eigenvalue weighted by molar-refractivity contribution is 6.11. The molecule has 0 aliphatic carbocycles. The summed E-state index contributed by atoms with van der Waals surface area (Å²) in [6.45, 7) is 0. The van der Waals surface area contributed by atoms with Crippen molar-refractivity contribution in [2.45, 2.75) is 0 Å². The highest BCUT2D eigenvalue weighted by Gasteiger charge is 2.18. The molecule has 5 aromatic rings. The number of fused-ring (bicyclic) bond motifs is 1. The number of aromatic amines is 1. The molecule has 3 aromatic carbocycles. The van der Waals surface area contributed by atoms with E-state index in [1.54, 1.807) is 72.8 Å². The van der Waals surface area contributed by atoms with Crippen molar-refractivity contribution in [3.63, 3.8) is 0 Å². The van der Waals surface area contributed by atoms with Gasteiger partial charge in [-0.25, -0.2) is 5.10 Å². The lowest BCUT2D eigenvalue weighted by Crippen LogP contribution is -2.26. The average molecular weight is 435 g/mol. The first-order chi connectivity index (χ1) is 16.1. The summed E-state index contributed by atoms with van der Waals surface area (Å²) in [7, 11) is 0. The van der Waals surface area contributed by atoms with Gasteiger partial charge in [0.05, 0.1) is 16.8 Å². The number of hydrogen-bond donors (Lipinski definition) is 2. The molecular weight excluding hydrogens is 418 g/mol. The molecule has 0 saturated heterocycles. The maximum Gasteiger partial charge on any atom is 0.279 e. The SMILES string of the molecule is O=C(Nc1cccc(-c2ccc(=O)[nH]n2)c1)c1nn(-c2ccccc2)c(=O)c2ccccc12. The minimum Gasteiger partial charge on any atom is -0.321 e. The van der Waals surface area contributed by atoms with E-state index >= 15 is 0 Å². The Morgan fingerprint density at radius 3 is 2.33 bits per heavy atom. The summed E-state index contributed by atoms with van der Waals surface area (Å²) in [4.78, 5) is 37.6. The van der Waals surface area contributed by atoms with Crippen molar-refractivity contribution in [1.29, 1.82) is 0 Å². The van der Waals surface area contributed by atoms with Gasteiger partial charge in [-0.3, -0.25) is 14.4 Å². The molecule has 0 bridgehead atoms. The van der Waals surface area contributed by atoms with Gasteiger partial charge < -0.3 is 5.32 Å². The molecule has 33 heavy (non-hydrogen) atoms. The zero-order chi connectivity index (χ0) is 22.8. The zero-order valence-electron chi connectivity index (χ0n) is 17.2. The molecule has 0 aliphatic rings. The Bertz CT molecular complexity index is 1590. The molecular formula is C25H17N5O3. The molecule has 8 nitrogen and oxygen atoms in total. The van der Waals surface area contributed by atoms with E-state index in [-0.39, 0.29) is 16.8 Å². The van der Waals surface area contributed by atoms with Crippen LogP contribution in [0.2, 0.25) is 0 Å². The average Bonchev–Trinajstić information content (AvgIpc) is 2.85. The Kier molecular flexibility index (Phi) is 5.08. The molecule has 2 heterocycles. The number of anilines is 1. The second-order valence-corrected chi connectivity index (χ2v) is 7.29. The van der Waals surface area contributed by atoms with Crippen molar-refractivity contribution in [2.24, 2.45) is 0 Å². The quantitative estimate of drug-likeness (QED) is 0.450. The van der Waals surface area contributed by atoms with Gasteiger partial charge in [0.25, 0.3) is 17.0 Å². The van der Waals surface area contributed by atoms with Gasteiger partial charge in [-0.2, -0.15) is 14.9 Å². The Morgan fingerprint density at radius 2 is 1.58 bits per heavy atom. The van der Waals surface area contributed by atoms with E-state index in [2.05, 4.69) is 20.6 Å². The van der Waals surface area contributed by atoms with E-state index in [4.69, 9.17) is 0 Å². The third kappa shape index (κ3) is 3.92. The lowest BCUT2D eigenvalue weighted by Gasteiger charge is -2.12. The topological polar surface area (TPSA) is 110 Å². The van der Waals surface area contributed by atoms with Crippen LogP contribution in [0.25, 0.3) is 27.7 Å². The summed E-state index contributed by atoms with van der Waals surface area (Å²) in [6, 6.07) is 25.9. The summed E-state index contributed by atoms with van der Waals surface area (Å²) < 4.78 is 1.23. The van der Waals surface area contributed by atoms with Crippen LogP contribution in [0.5, 0.6) is 0 Å². The van der Waals surface area contributed by atoms with Gasteiger partial charge in [-0.15, -0.1) is 0 Å². The fourth-order valence-corrected chi connectivity index (χ4v) is 3.55. The highest BCUT2D eigenvalue weighted by Crippen LogP contribution is 2.21. The van der Waals surface area contributed by atoms with E-state index in [9.17, 15) is 14.4 Å². The number of nitrogens with zero attached hydrogens (tertiary/aromatic N) is 3.